The molecule has 0 unspecified atom stereocenters. The number of nitrogens with one attached hydrogen (secondary N) is 1. The van der Waals surface area contributed by atoms with Crippen LogP contribution in [0.15, 0.2) is 41.9 Å². The Morgan fingerprint density at radius 3 is 2.48 bits per heavy atom. The van der Waals surface area contributed by atoms with E-state index in [0.717, 1.165) is 11.1 Å². The third-order valence-corrected chi connectivity index (χ3v) is 6.61. The molecule has 2 atom stereocenters. The van der Waals surface area contributed by atoms with Gasteiger partial charge in [-0.1, -0.05) is 12.1 Å². The first-order chi connectivity index (χ1) is 15.1. The molecular formula is C22H22N4O4S. The molecule has 2 saturated heterocycles. The van der Waals surface area contributed by atoms with E-state index in [1.54, 1.807) is 4.90 Å². The quantitative estimate of drug-likeness (QED) is 0.673. The average molecular weight is 439 g/mol. The molecule has 1 N–H and O–H groups in total. The third kappa shape index (κ3) is 4.04. The topological polar surface area (TPSA) is 93.7 Å². The summed E-state index contributed by atoms with van der Waals surface area (Å²) >= 11 is 1.42. The van der Waals surface area contributed by atoms with Crippen molar-refractivity contribution in [2.24, 2.45) is 0 Å². The molecule has 160 valence electrons. The van der Waals surface area contributed by atoms with Crippen molar-refractivity contribution in [3.63, 3.8) is 0 Å². The molecule has 8 nitrogen and oxygen atoms in total. The molecule has 4 heterocycles. The first-order valence-electron chi connectivity index (χ1n) is 10.2. The SMILES string of the molecule is Cc1ccsc1C(=O)NC1CO[C@H]2CN(C(=O)c3cnc4ccccc4n3)C[C@@H]2OC1. The molecule has 0 radical (unpaired) electrons. The average Bonchev–Trinajstić information content (AvgIpc) is 3.36. The fourth-order valence-electron chi connectivity index (χ4n) is 3.92. The highest BCUT2D eigenvalue weighted by atomic mass is 32.1. The van der Waals surface area contributed by atoms with Crippen LogP contribution in [0.5, 0.6) is 0 Å². The second-order valence-corrected chi connectivity index (χ2v) is 8.72. The number of hydrogen-bond acceptors (Lipinski definition) is 7. The van der Waals surface area contributed by atoms with Crippen LogP contribution >= 0.6 is 11.3 Å². The summed E-state index contributed by atoms with van der Waals surface area (Å²) in [6, 6.07) is 9.16. The number of thiophene rings is 1. The Balaban J connectivity index is 1.20. The number of carbonyl (C=O) groups is 2. The number of likely N-dealkylation sites (tertiary alicyclic amines) is 1. The molecule has 5 rings (SSSR count). The normalized spacial score (nSPS) is 21.6. The lowest BCUT2D eigenvalue weighted by Gasteiger charge is -2.19. The number of aryl methyl sites for hydroxylation is 1. The van der Waals surface area contributed by atoms with Gasteiger partial charge >= 0.3 is 0 Å². The monoisotopic (exact) mass is 438 g/mol. The number of aromatic nitrogens is 2. The summed E-state index contributed by atoms with van der Waals surface area (Å²) in [5.41, 5.74) is 2.71. The van der Waals surface area contributed by atoms with Crippen molar-refractivity contribution < 1.29 is 19.1 Å². The summed E-state index contributed by atoms with van der Waals surface area (Å²) in [5, 5.41) is 4.89. The van der Waals surface area contributed by atoms with Gasteiger partial charge in [0.2, 0.25) is 0 Å². The summed E-state index contributed by atoms with van der Waals surface area (Å²) in [6.07, 6.45) is 1.05. The van der Waals surface area contributed by atoms with E-state index >= 15 is 0 Å². The van der Waals surface area contributed by atoms with E-state index in [1.807, 2.05) is 42.6 Å². The maximum atomic E-state index is 12.9. The maximum Gasteiger partial charge on any atom is 0.274 e. The molecule has 1 aromatic carbocycles. The Kier molecular flexibility index (Phi) is 5.39. The molecule has 0 aliphatic carbocycles. The smallest absolute Gasteiger partial charge is 0.274 e. The Hall–Kier alpha value is -2.88. The Bertz CT molecular complexity index is 1120. The van der Waals surface area contributed by atoms with Crippen LogP contribution in [0.25, 0.3) is 11.0 Å². The lowest BCUT2D eigenvalue weighted by atomic mass is 10.2. The number of fused-ring (bicyclic) bond motifs is 2. The second kappa shape index (κ2) is 8.33. The van der Waals surface area contributed by atoms with Gasteiger partial charge in [0, 0.05) is 13.1 Å². The lowest BCUT2D eigenvalue weighted by Crippen LogP contribution is -2.41. The molecule has 9 heteroatoms. The van der Waals surface area contributed by atoms with Crippen LogP contribution in [0.1, 0.15) is 25.7 Å². The van der Waals surface area contributed by atoms with Crippen LogP contribution in [0.3, 0.4) is 0 Å². The Morgan fingerprint density at radius 1 is 1.10 bits per heavy atom. The second-order valence-electron chi connectivity index (χ2n) is 7.80. The van der Waals surface area contributed by atoms with Crippen molar-refractivity contribution >= 4 is 34.2 Å². The number of rotatable bonds is 3. The molecule has 2 amide bonds. The summed E-state index contributed by atoms with van der Waals surface area (Å²) in [5.74, 6) is -0.292. The van der Waals surface area contributed by atoms with Gasteiger partial charge in [-0.25, -0.2) is 4.98 Å². The van der Waals surface area contributed by atoms with E-state index in [0.29, 0.717) is 42.4 Å². The van der Waals surface area contributed by atoms with E-state index in [4.69, 9.17) is 9.47 Å². The number of benzene rings is 1. The number of carbonyl (C=O) groups excluding carboxylic acids is 2. The van der Waals surface area contributed by atoms with Crippen molar-refractivity contribution in [1.29, 1.82) is 0 Å². The Morgan fingerprint density at radius 2 is 1.81 bits per heavy atom. The van der Waals surface area contributed by atoms with Crippen LogP contribution < -0.4 is 5.32 Å². The molecule has 3 aromatic rings. The van der Waals surface area contributed by atoms with E-state index in [2.05, 4.69) is 15.3 Å². The molecule has 0 saturated carbocycles. The van der Waals surface area contributed by atoms with Crippen molar-refractivity contribution in [2.75, 3.05) is 26.3 Å². The molecule has 31 heavy (non-hydrogen) atoms. The molecule has 2 aliphatic heterocycles. The first kappa shape index (κ1) is 20.0. The molecule has 2 aliphatic rings. The van der Waals surface area contributed by atoms with Gasteiger partial charge in [-0.15, -0.1) is 11.3 Å². The number of hydrogen-bond donors (Lipinski definition) is 1. The van der Waals surface area contributed by atoms with Crippen LogP contribution in [0, 0.1) is 6.92 Å². The van der Waals surface area contributed by atoms with E-state index < -0.39 is 0 Å². The van der Waals surface area contributed by atoms with Gasteiger partial charge in [-0.2, -0.15) is 0 Å². The number of ether oxygens (including phenoxy) is 2. The minimum Gasteiger partial charge on any atom is -0.371 e. The zero-order chi connectivity index (χ0) is 21.4. The van der Waals surface area contributed by atoms with Gasteiger partial charge in [-0.3, -0.25) is 14.6 Å². The van der Waals surface area contributed by atoms with Crippen molar-refractivity contribution in [1.82, 2.24) is 20.2 Å². The number of para-hydroxylation sites is 2. The van der Waals surface area contributed by atoms with Crippen LogP contribution in [0.2, 0.25) is 0 Å². The highest BCUT2D eigenvalue weighted by molar-refractivity contribution is 7.12. The standard InChI is InChI=1S/C22H22N4O4S/c1-13-6-7-31-20(13)21(27)24-14-11-29-18-9-26(10-19(18)30-12-14)22(28)17-8-23-15-4-2-3-5-16(15)25-17/h2-8,14,18-19H,9-12H2,1H3,(H,24,27)/t18-,19-/m0/s1. The van der Waals surface area contributed by atoms with Gasteiger partial charge in [0.15, 0.2) is 0 Å². The maximum absolute atomic E-state index is 12.9. The minimum absolute atomic E-state index is 0.108. The van der Waals surface area contributed by atoms with Gasteiger partial charge in [-0.05, 0) is 36.1 Å². The molecule has 0 spiro atoms. The minimum atomic E-state index is -0.234. The number of amides is 2. The largest absolute Gasteiger partial charge is 0.371 e. The van der Waals surface area contributed by atoms with Crippen molar-refractivity contribution in [2.45, 2.75) is 25.2 Å². The lowest BCUT2D eigenvalue weighted by molar-refractivity contribution is -0.00461. The summed E-state index contributed by atoms with van der Waals surface area (Å²) < 4.78 is 12.0. The van der Waals surface area contributed by atoms with Crippen LogP contribution in [-0.4, -0.2) is 71.2 Å². The van der Waals surface area contributed by atoms with Crippen LogP contribution in [-0.2, 0) is 9.47 Å². The van der Waals surface area contributed by atoms with Crippen molar-refractivity contribution in [3.05, 3.63) is 58.0 Å². The van der Waals surface area contributed by atoms with E-state index in [9.17, 15) is 9.59 Å². The fraction of sp³-hybridized carbons (Fsp3) is 0.364. The van der Waals surface area contributed by atoms with Gasteiger partial charge in [0.25, 0.3) is 11.8 Å². The van der Waals surface area contributed by atoms with Gasteiger partial charge in [0.1, 0.15) is 17.9 Å². The van der Waals surface area contributed by atoms with Gasteiger partial charge in [0.05, 0.1) is 41.4 Å². The highest BCUT2D eigenvalue weighted by Crippen LogP contribution is 2.23. The summed E-state index contributed by atoms with van der Waals surface area (Å²) in [6.45, 7) is 3.44. The number of nitrogens with zero attached hydrogens (tertiary/aromatic N) is 3. The molecule has 2 aromatic heterocycles. The molecular weight excluding hydrogens is 416 g/mol. The predicted octanol–water partition coefficient (Wildman–Crippen LogP) is 2.04. The van der Waals surface area contributed by atoms with Crippen molar-refractivity contribution in [3.8, 4) is 0 Å². The zero-order valence-corrected chi connectivity index (χ0v) is 17.8. The van der Waals surface area contributed by atoms with E-state index in [1.165, 1.54) is 17.5 Å². The predicted molar refractivity (Wildman–Crippen MR) is 115 cm³/mol. The first-order valence-corrected chi connectivity index (χ1v) is 11.1. The summed E-state index contributed by atoms with van der Waals surface area (Å²) in [7, 11) is 0. The van der Waals surface area contributed by atoms with Gasteiger partial charge < -0.3 is 19.7 Å². The summed E-state index contributed by atoms with van der Waals surface area (Å²) in [4.78, 5) is 36.6. The Labute approximate surface area is 183 Å². The van der Waals surface area contributed by atoms with Crippen LogP contribution in [0.4, 0.5) is 0 Å². The fourth-order valence-corrected chi connectivity index (χ4v) is 4.75. The van der Waals surface area contributed by atoms with E-state index in [-0.39, 0.29) is 30.1 Å². The highest BCUT2D eigenvalue weighted by Gasteiger charge is 2.40. The molecule has 2 fully saturated rings. The third-order valence-electron chi connectivity index (χ3n) is 5.60. The molecule has 0 bridgehead atoms. The zero-order valence-electron chi connectivity index (χ0n) is 17.0.